The van der Waals surface area contributed by atoms with Crippen LogP contribution in [0.1, 0.15) is 24.8 Å². The van der Waals surface area contributed by atoms with Gasteiger partial charge in [0.15, 0.2) is 0 Å². The summed E-state index contributed by atoms with van der Waals surface area (Å²) in [6, 6.07) is 8.84. The van der Waals surface area contributed by atoms with Gasteiger partial charge in [-0.2, -0.15) is 0 Å². The lowest BCUT2D eigenvalue weighted by atomic mass is 10.1. The van der Waals surface area contributed by atoms with Gasteiger partial charge in [-0.1, -0.05) is 30.3 Å². The van der Waals surface area contributed by atoms with E-state index in [2.05, 4.69) is 5.32 Å². The van der Waals surface area contributed by atoms with Gasteiger partial charge < -0.3 is 15.8 Å². The van der Waals surface area contributed by atoms with Crippen LogP contribution < -0.4 is 11.1 Å². The second-order valence-electron chi connectivity index (χ2n) is 4.61. The van der Waals surface area contributed by atoms with Crippen LogP contribution in [0.15, 0.2) is 36.4 Å². The molecule has 0 spiro atoms. The second-order valence-corrected chi connectivity index (χ2v) is 4.61. The van der Waals surface area contributed by atoms with Crippen molar-refractivity contribution in [2.45, 2.75) is 25.3 Å². The third-order valence-corrected chi connectivity index (χ3v) is 2.98. The number of nitrogens with two attached hydrogens (primary N) is 1. The molecule has 0 bridgehead atoms. The number of unbranched alkanes of at least 4 members (excludes halogenated alkanes) is 1. The fraction of sp³-hybridized carbons (Fsp3) is 0.375. The van der Waals surface area contributed by atoms with Crippen LogP contribution >= 0.6 is 0 Å². The average molecular weight is 290 g/mol. The summed E-state index contributed by atoms with van der Waals surface area (Å²) < 4.78 is 4.70. The summed E-state index contributed by atoms with van der Waals surface area (Å²) in [5.41, 5.74) is 6.34. The first-order valence-corrected chi connectivity index (χ1v) is 6.99. The minimum absolute atomic E-state index is 0.318. The summed E-state index contributed by atoms with van der Waals surface area (Å²) in [5, 5.41) is 2.66. The van der Waals surface area contributed by atoms with Crippen molar-refractivity contribution >= 4 is 18.0 Å². The lowest BCUT2D eigenvalue weighted by Crippen LogP contribution is -2.40. The van der Waals surface area contributed by atoms with Crippen LogP contribution in [0.5, 0.6) is 0 Å². The summed E-state index contributed by atoms with van der Waals surface area (Å²) in [7, 11) is 1.31. The van der Waals surface area contributed by atoms with Gasteiger partial charge in [0.1, 0.15) is 6.04 Å². The zero-order valence-corrected chi connectivity index (χ0v) is 12.2. The van der Waals surface area contributed by atoms with E-state index in [4.69, 9.17) is 10.5 Å². The minimum atomic E-state index is -0.630. The zero-order valence-electron chi connectivity index (χ0n) is 12.2. The molecule has 0 radical (unpaired) electrons. The Bertz CT molecular complexity index is 472. The lowest BCUT2D eigenvalue weighted by Gasteiger charge is -2.15. The Morgan fingerprint density at radius 2 is 2.00 bits per heavy atom. The van der Waals surface area contributed by atoms with E-state index in [1.165, 1.54) is 13.2 Å². The number of carbonyl (C=O) groups excluding carboxylic acids is 2. The van der Waals surface area contributed by atoms with Crippen molar-refractivity contribution in [1.29, 1.82) is 0 Å². The van der Waals surface area contributed by atoms with Crippen molar-refractivity contribution in [3.63, 3.8) is 0 Å². The Labute approximate surface area is 125 Å². The molecule has 0 unspecified atom stereocenters. The van der Waals surface area contributed by atoms with Crippen molar-refractivity contribution in [3.8, 4) is 0 Å². The summed E-state index contributed by atoms with van der Waals surface area (Å²) in [6.07, 6.45) is 5.20. The van der Waals surface area contributed by atoms with Crippen molar-refractivity contribution < 1.29 is 14.3 Å². The van der Waals surface area contributed by atoms with E-state index in [1.54, 1.807) is 6.08 Å². The van der Waals surface area contributed by atoms with Gasteiger partial charge >= 0.3 is 5.97 Å². The van der Waals surface area contributed by atoms with E-state index in [0.29, 0.717) is 13.0 Å². The molecule has 1 rings (SSSR count). The van der Waals surface area contributed by atoms with Gasteiger partial charge in [0, 0.05) is 6.08 Å². The molecule has 0 aromatic heterocycles. The maximum Gasteiger partial charge on any atom is 0.328 e. The van der Waals surface area contributed by atoms with Gasteiger partial charge in [-0.15, -0.1) is 0 Å². The summed E-state index contributed by atoms with van der Waals surface area (Å²) >= 11 is 0. The Balaban J connectivity index is 2.54. The maximum atomic E-state index is 11.8. The van der Waals surface area contributed by atoms with Crippen LogP contribution in [-0.4, -0.2) is 31.6 Å². The third kappa shape index (κ3) is 6.72. The van der Waals surface area contributed by atoms with Crippen molar-refractivity contribution in [3.05, 3.63) is 42.0 Å². The Hall–Kier alpha value is -2.14. The highest BCUT2D eigenvalue weighted by atomic mass is 16.5. The Morgan fingerprint density at radius 1 is 1.29 bits per heavy atom. The van der Waals surface area contributed by atoms with Gasteiger partial charge in [0.2, 0.25) is 5.91 Å². The number of carbonyl (C=O) groups is 2. The molecule has 1 amide bonds. The predicted octanol–water partition coefficient (Wildman–Crippen LogP) is 1.49. The number of methoxy groups -OCH3 is 1. The number of amides is 1. The molecule has 1 aromatic carbocycles. The molecule has 0 aliphatic carbocycles. The molecule has 0 heterocycles. The SMILES string of the molecule is COC(=O)[C@H](CCCCN)NC(=O)C=Cc1ccccc1. The Kier molecular flexibility index (Phi) is 7.82. The smallest absolute Gasteiger partial charge is 0.328 e. The number of ether oxygens (including phenoxy) is 1. The van der Waals surface area contributed by atoms with Crippen LogP contribution in [-0.2, 0) is 14.3 Å². The van der Waals surface area contributed by atoms with E-state index < -0.39 is 12.0 Å². The first kappa shape index (κ1) is 16.9. The number of esters is 1. The molecular formula is C16H22N2O3. The van der Waals surface area contributed by atoms with Gasteiger partial charge in [-0.25, -0.2) is 4.79 Å². The molecule has 3 N–H and O–H groups in total. The van der Waals surface area contributed by atoms with Crippen LogP contribution in [0.4, 0.5) is 0 Å². The van der Waals surface area contributed by atoms with Crippen LogP contribution in [0.2, 0.25) is 0 Å². The zero-order chi connectivity index (χ0) is 15.5. The molecule has 5 nitrogen and oxygen atoms in total. The molecule has 0 aliphatic rings. The second kappa shape index (κ2) is 9.72. The minimum Gasteiger partial charge on any atom is -0.467 e. The van der Waals surface area contributed by atoms with Gasteiger partial charge in [-0.05, 0) is 37.4 Å². The molecule has 0 aliphatic heterocycles. The molecular weight excluding hydrogens is 268 g/mol. The number of hydrogen-bond donors (Lipinski definition) is 2. The number of hydrogen-bond acceptors (Lipinski definition) is 4. The first-order chi connectivity index (χ1) is 10.2. The molecule has 0 saturated carbocycles. The van der Waals surface area contributed by atoms with E-state index in [-0.39, 0.29) is 5.91 Å². The fourth-order valence-electron chi connectivity index (χ4n) is 1.84. The highest BCUT2D eigenvalue weighted by Crippen LogP contribution is 2.04. The highest BCUT2D eigenvalue weighted by molar-refractivity contribution is 5.94. The molecule has 0 saturated heterocycles. The van der Waals surface area contributed by atoms with Crippen molar-refractivity contribution in [1.82, 2.24) is 5.32 Å². The number of rotatable bonds is 8. The van der Waals surface area contributed by atoms with E-state index in [0.717, 1.165) is 18.4 Å². The quantitative estimate of drug-likeness (QED) is 0.432. The largest absolute Gasteiger partial charge is 0.467 e. The number of benzene rings is 1. The molecule has 114 valence electrons. The van der Waals surface area contributed by atoms with Crippen LogP contribution in [0, 0.1) is 0 Å². The summed E-state index contributed by atoms with van der Waals surface area (Å²) in [5.74, 6) is -0.754. The third-order valence-electron chi connectivity index (χ3n) is 2.98. The van der Waals surface area contributed by atoms with Crippen molar-refractivity contribution in [2.24, 2.45) is 5.73 Å². The maximum absolute atomic E-state index is 11.8. The fourth-order valence-corrected chi connectivity index (χ4v) is 1.84. The topological polar surface area (TPSA) is 81.4 Å². The van der Waals surface area contributed by atoms with Gasteiger partial charge in [-0.3, -0.25) is 4.79 Å². The normalized spacial score (nSPS) is 12.1. The predicted molar refractivity (Wildman–Crippen MR) is 82.3 cm³/mol. The highest BCUT2D eigenvalue weighted by Gasteiger charge is 2.19. The standard InChI is InChI=1S/C16H22N2O3/c1-21-16(20)14(9-5-6-12-17)18-15(19)11-10-13-7-3-2-4-8-13/h2-4,7-8,10-11,14H,5-6,9,12,17H2,1H3,(H,18,19)/t14-/m0/s1. The first-order valence-electron chi connectivity index (χ1n) is 6.99. The molecule has 0 fully saturated rings. The Morgan fingerprint density at radius 3 is 2.62 bits per heavy atom. The lowest BCUT2D eigenvalue weighted by molar-refractivity contribution is -0.144. The molecule has 1 atom stereocenters. The number of nitrogens with one attached hydrogen (secondary N) is 1. The summed E-state index contributed by atoms with van der Waals surface area (Å²) in [6.45, 7) is 0.565. The van der Waals surface area contributed by atoms with Crippen LogP contribution in [0.25, 0.3) is 6.08 Å². The van der Waals surface area contributed by atoms with E-state index >= 15 is 0 Å². The molecule has 1 aromatic rings. The average Bonchev–Trinajstić information content (AvgIpc) is 2.52. The van der Waals surface area contributed by atoms with Gasteiger partial charge in [0.05, 0.1) is 7.11 Å². The summed E-state index contributed by atoms with van der Waals surface area (Å²) in [4.78, 5) is 23.5. The molecule has 5 heteroatoms. The van der Waals surface area contributed by atoms with E-state index in [9.17, 15) is 9.59 Å². The van der Waals surface area contributed by atoms with Crippen LogP contribution in [0.3, 0.4) is 0 Å². The van der Waals surface area contributed by atoms with Gasteiger partial charge in [0.25, 0.3) is 0 Å². The van der Waals surface area contributed by atoms with Crippen molar-refractivity contribution in [2.75, 3.05) is 13.7 Å². The van der Waals surface area contributed by atoms with E-state index in [1.807, 2.05) is 30.3 Å². The molecule has 21 heavy (non-hydrogen) atoms. The monoisotopic (exact) mass is 290 g/mol.